The minimum Gasteiger partial charge on any atom is -0.494 e. The van der Waals surface area contributed by atoms with E-state index < -0.39 is 11.7 Å². The van der Waals surface area contributed by atoms with E-state index in [-0.39, 0.29) is 17.7 Å². The van der Waals surface area contributed by atoms with Gasteiger partial charge in [0.05, 0.1) is 23.8 Å². The standard InChI is InChI=1S/C17H16FN3O2/c1-2-23-13-5-6-16(14(8-13)17(20)22)21-10-12-4-3-11(9-19)7-15(12)18/h3-8,21H,2,10H2,1H3,(H2,20,22). The highest BCUT2D eigenvalue weighted by Gasteiger charge is 2.11. The minimum absolute atomic E-state index is 0.159. The van der Waals surface area contributed by atoms with Crippen LogP contribution < -0.4 is 15.8 Å². The van der Waals surface area contributed by atoms with Gasteiger partial charge < -0.3 is 15.8 Å². The SMILES string of the molecule is CCOc1ccc(NCc2ccc(C#N)cc2F)c(C(N)=O)c1. The Morgan fingerprint density at radius 1 is 1.35 bits per heavy atom. The minimum atomic E-state index is -0.602. The number of ether oxygens (including phenoxy) is 1. The summed E-state index contributed by atoms with van der Waals surface area (Å²) in [4.78, 5) is 11.6. The maximum atomic E-state index is 13.9. The quantitative estimate of drug-likeness (QED) is 0.858. The number of amides is 1. The van der Waals surface area contributed by atoms with Gasteiger partial charge in [0.25, 0.3) is 5.91 Å². The molecule has 0 fully saturated rings. The average molecular weight is 313 g/mol. The molecule has 0 saturated heterocycles. The molecule has 0 heterocycles. The number of hydrogen-bond acceptors (Lipinski definition) is 4. The predicted octanol–water partition coefficient (Wildman–Crippen LogP) is 2.81. The summed E-state index contributed by atoms with van der Waals surface area (Å²) in [6.45, 7) is 2.47. The van der Waals surface area contributed by atoms with Crippen LogP contribution in [0.2, 0.25) is 0 Å². The summed E-state index contributed by atoms with van der Waals surface area (Å²) in [5, 5.41) is 11.7. The van der Waals surface area contributed by atoms with Gasteiger partial charge in [-0.1, -0.05) is 6.07 Å². The van der Waals surface area contributed by atoms with Crippen molar-refractivity contribution in [1.82, 2.24) is 0 Å². The molecule has 0 unspecified atom stereocenters. The molecule has 0 atom stereocenters. The number of nitrogens with zero attached hydrogens (tertiary/aromatic N) is 1. The van der Waals surface area contributed by atoms with Crippen molar-refractivity contribution < 1.29 is 13.9 Å². The number of rotatable bonds is 6. The highest BCUT2D eigenvalue weighted by Crippen LogP contribution is 2.23. The van der Waals surface area contributed by atoms with Crippen LogP contribution in [-0.2, 0) is 6.54 Å². The summed E-state index contributed by atoms with van der Waals surface area (Å²) >= 11 is 0. The maximum absolute atomic E-state index is 13.9. The van der Waals surface area contributed by atoms with Gasteiger partial charge >= 0.3 is 0 Å². The number of anilines is 1. The fraction of sp³-hybridized carbons (Fsp3) is 0.176. The second-order valence-corrected chi connectivity index (χ2v) is 4.78. The zero-order valence-corrected chi connectivity index (χ0v) is 12.6. The monoisotopic (exact) mass is 313 g/mol. The van der Waals surface area contributed by atoms with Crippen LogP contribution in [0.15, 0.2) is 36.4 Å². The Morgan fingerprint density at radius 2 is 2.13 bits per heavy atom. The molecule has 0 aliphatic rings. The number of benzene rings is 2. The Morgan fingerprint density at radius 3 is 2.74 bits per heavy atom. The number of nitrogens with one attached hydrogen (secondary N) is 1. The maximum Gasteiger partial charge on any atom is 0.250 e. The van der Waals surface area contributed by atoms with Gasteiger partial charge in [-0.15, -0.1) is 0 Å². The van der Waals surface area contributed by atoms with Crippen LogP contribution in [0.4, 0.5) is 10.1 Å². The molecule has 118 valence electrons. The molecule has 0 spiro atoms. The van der Waals surface area contributed by atoms with Crippen LogP contribution in [0.1, 0.15) is 28.4 Å². The first-order valence-corrected chi connectivity index (χ1v) is 7.04. The van der Waals surface area contributed by atoms with E-state index in [1.807, 2.05) is 13.0 Å². The zero-order valence-electron chi connectivity index (χ0n) is 12.6. The lowest BCUT2D eigenvalue weighted by Gasteiger charge is -2.12. The molecule has 0 aromatic heterocycles. The highest BCUT2D eigenvalue weighted by molar-refractivity contribution is 5.98. The van der Waals surface area contributed by atoms with E-state index in [0.29, 0.717) is 23.6 Å². The van der Waals surface area contributed by atoms with Crippen LogP contribution >= 0.6 is 0 Å². The average Bonchev–Trinajstić information content (AvgIpc) is 2.54. The second-order valence-electron chi connectivity index (χ2n) is 4.78. The Labute approximate surface area is 133 Å². The van der Waals surface area contributed by atoms with Crippen LogP contribution in [-0.4, -0.2) is 12.5 Å². The van der Waals surface area contributed by atoms with E-state index in [0.717, 1.165) is 0 Å². The predicted molar refractivity (Wildman–Crippen MR) is 84.6 cm³/mol. The topological polar surface area (TPSA) is 88.1 Å². The van der Waals surface area contributed by atoms with Gasteiger partial charge in [0.1, 0.15) is 11.6 Å². The molecule has 6 heteroatoms. The largest absolute Gasteiger partial charge is 0.494 e. The molecular formula is C17H16FN3O2. The molecule has 0 aliphatic heterocycles. The van der Waals surface area contributed by atoms with Crippen molar-refractivity contribution >= 4 is 11.6 Å². The number of nitrogens with two attached hydrogens (primary N) is 1. The van der Waals surface area contributed by atoms with E-state index in [9.17, 15) is 9.18 Å². The summed E-state index contributed by atoms with van der Waals surface area (Å²) in [7, 11) is 0. The third-order valence-electron chi connectivity index (χ3n) is 3.22. The molecule has 3 N–H and O–H groups in total. The van der Waals surface area contributed by atoms with E-state index >= 15 is 0 Å². The molecule has 2 aromatic carbocycles. The molecule has 0 radical (unpaired) electrons. The Bertz CT molecular complexity index is 769. The van der Waals surface area contributed by atoms with Gasteiger partial charge in [-0.2, -0.15) is 5.26 Å². The number of hydrogen-bond donors (Lipinski definition) is 2. The zero-order chi connectivity index (χ0) is 16.8. The van der Waals surface area contributed by atoms with Gasteiger partial charge in [-0.25, -0.2) is 4.39 Å². The number of primary amides is 1. The van der Waals surface area contributed by atoms with E-state index in [1.54, 1.807) is 18.2 Å². The first-order valence-electron chi connectivity index (χ1n) is 7.04. The van der Waals surface area contributed by atoms with Crippen LogP contribution in [0.5, 0.6) is 5.75 Å². The number of halogens is 1. The fourth-order valence-electron chi connectivity index (χ4n) is 2.09. The van der Waals surface area contributed by atoms with Crippen LogP contribution in [0.3, 0.4) is 0 Å². The summed E-state index contributed by atoms with van der Waals surface area (Å²) in [6, 6.07) is 11.0. The van der Waals surface area contributed by atoms with Gasteiger partial charge in [-0.05, 0) is 37.3 Å². The number of carbonyl (C=O) groups excluding carboxylic acids is 1. The van der Waals surface area contributed by atoms with Crippen molar-refractivity contribution in [2.75, 3.05) is 11.9 Å². The van der Waals surface area contributed by atoms with Crippen molar-refractivity contribution in [1.29, 1.82) is 5.26 Å². The van der Waals surface area contributed by atoms with Crippen molar-refractivity contribution in [2.45, 2.75) is 13.5 Å². The lowest BCUT2D eigenvalue weighted by atomic mass is 10.1. The van der Waals surface area contributed by atoms with Gasteiger partial charge in [0, 0.05) is 17.8 Å². The molecule has 0 bridgehead atoms. The smallest absolute Gasteiger partial charge is 0.250 e. The van der Waals surface area contributed by atoms with E-state index in [1.165, 1.54) is 18.2 Å². The summed E-state index contributed by atoms with van der Waals surface area (Å²) < 4.78 is 19.2. The molecule has 5 nitrogen and oxygen atoms in total. The summed E-state index contributed by atoms with van der Waals surface area (Å²) in [6.07, 6.45) is 0. The Kier molecular flexibility index (Phi) is 5.15. The molecule has 2 aromatic rings. The molecule has 1 amide bonds. The second kappa shape index (κ2) is 7.27. The summed E-state index contributed by atoms with van der Waals surface area (Å²) in [5.41, 5.74) is 6.77. The molecular weight excluding hydrogens is 297 g/mol. The number of nitriles is 1. The van der Waals surface area contributed by atoms with Crippen LogP contribution in [0.25, 0.3) is 0 Å². The normalized spacial score (nSPS) is 9.96. The molecule has 0 saturated carbocycles. The lowest BCUT2D eigenvalue weighted by molar-refractivity contribution is 0.100. The van der Waals surface area contributed by atoms with Crippen molar-refractivity contribution in [3.05, 3.63) is 58.9 Å². The third-order valence-corrected chi connectivity index (χ3v) is 3.22. The molecule has 2 rings (SSSR count). The summed E-state index contributed by atoms with van der Waals surface area (Å²) in [5.74, 6) is -0.547. The van der Waals surface area contributed by atoms with Crippen molar-refractivity contribution in [3.63, 3.8) is 0 Å². The van der Waals surface area contributed by atoms with E-state index in [2.05, 4.69) is 5.32 Å². The van der Waals surface area contributed by atoms with Crippen LogP contribution in [0, 0.1) is 17.1 Å². The van der Waals surface area contributed by atoms with Gasteiger partial charge in [-0.3, -0.25) is 4.79 Å². The fourth-order valence-corrected chi connectivity index (χ4v) is 2.09. The first kappa shape index (κ1) is 16.3. The van der Waals surface area contributed by atoms with Crippen molar-refractivity contribution in [3.8, 4) is 11.8 Å². The first-order chi connectivity index (χ1) is 11.0. The van der Waals surface area contributed by atoms with E-state index in [4.69, 9.17) is 15.7 Å². The highest BCUT2D eigenvalue weighted by atomic mass is 19.1. The van der Waals surface area contributed by atoms with Gasteiger partial charge in [0.2, 0.25) is 0 Å². The molecule has 23 heavy (non-hydrogen) atoms. The Hall–Kier alpha value is -3.07. The Balaban J connectivity index is 2.20. The van der Waals surface area contributed by atoms with Crippen molar-refractivity contribution in [2.24, 2.45) is 5.73 Å². The third kappa shape index (κ3) is 3.98. The molecule has 0 aliphatic carbocycles. The number of carbonyl (C=O) groups is 1. The lowest BCUT2D eigenvalue weighted by Crippen LogP contribution is -2.15. The van der Waals surface area contributed by atoms with Gasteiger partial charge in [0.15, 0.2) is 0 Å².